The first kappa shape index (κ1) is 21.1. The van der Waals surface area contributed by atoms with Gasteiger partial charge in [-0.05, 0) is 49.9 Å². The van der Waals surface area contributed by atoms with Gasteiger partial charge in [0.25, 0.3) is 5.91 Å². The number of hydrogen-bond acceptors (Lipinski definition) is 3. The van der Waals surface area contributed by atoms with Crippen molar-refractivity contribution in [3.8, 4) is 0 Å². The number of amides is 1. The first-order chi connectivity index (χ1) is 12.9. The molecule has 6 heteroatoms. The Balaban J connectivity index is 1.96. The fourth-order valence-corrected chi connectivity index (χ4v) is 3.80. The van der Waals surface area contributed by atoms with Crippen LogP contribution in [0.5, 0.6) is 0 Å². The lowest BCUT2D eigenvalue weighted by atomic mass is 10.1. The van der Waals surface area contributed by atoms with E-state index in [1.807, 2.05) is 32.0 Å². The second-order valence-electron chi connectivity index (χ2n) is 6.68. The number of unbranched alkanes of at least 4 members (excludes halogenated alkanes) is 1. The summed E-state index contributed by atoms with van der Waals surface area (Å²) in [4.78, 5) is 12.6. The molecule has 0 aromatic heterocycles. The second kappa shape index (κ2) is 10.2. The molecule has 0 fully saturated rings. The highest BCUT2D eigenvalue weighted by molar-refractivity contribution is 7.89. The highest BCUT2D eigenvalue weighted by Gasteiger charge is 2.16. The van der Waals surface area contributed by atoms with Crippen molar-refractivity contribution in [2.75, 3.05) is 6.54 Å². The van der Waals surface area contributed by atoms with E-state index < -0.39 is 10.0 Å². The summed E-state index contributed by atoms with van der Waals surface area (Å²) in [6.07, 6.45) is 3.37. The summed E-state index contributed by atoms with van der Waals surface area (Å²) in [7, 11) is -3.59. The number of benzene rings is 2. The molecule has 0 radical (unpaired) electrons. The van der Waals surface area contributed by atoms with Crippen LogP contribution in [0.4, 0.5) is 0 Å². The van der Waals surface area contributed by atoms with E-state index in [1.165, 1.54) is 17.7 Å². The summed E-state index contributed by atoms with van der Waals surface area (Å²) in [6.45, 7) is 4.34. The summed E-state index contributed by atoms with van der Waals surface area (Å²) in [6, 6.07) is 16.2. The number of nitrogens with one attached hydrogen (secondary N) is 2. The molecule has 27 heavy (non-hydrogen) atoms. The summed E-state index contributed by atoms with van der Waals surface area (Å²) in [5.41, 5.74) is 1.57. The maximum atomic E-state index is 12.5. The third kappa shape index (κ3) is 6.81. The van der Waals surface area contributed by atoms with E-state index in [9.17, 15) is 13.2 Å². The van der Waals surface area contributed by atoms with E-state index in [-0.39, 0.29) is 16.8 Å². The molecule has 2 N–H and O–H groups in total. The number of carbonyl (C=O) groups excluding carboxylic acids is 1. The number of carbonyl (C=O) groups is 1. The van der Waals surface area contributed by atoms with Gasteiger partial charge >= 0.3 is 0 Å². The van der Waals surface area contributed by atoms with E-state index >= 15 is 0 Å². The largest absolute Gasteiger partial charge is 0.350 e. The molecule has 5 nitrogen and oxygen atoms in total. The highest BCUT2D eigenvalue weighted by Crippen LogP contribution is 2.12. The Morgan fingerprint density at radius 2 is 1.81 bits per heavy atom. The smallest absolute Gasteiger partial charge is 0.251 e. The molecule has 146 valence electrons. The number of hydrogen-bond donors (Lipinski definition) is 2. The summed E-state index contributed by atoms with van der Waals surface area (Å²) >= 11 is 0. The van der Waals surface area contributed by atoms with Crippen LogP contribution in [0.25, 0.3) is 0 Å². The lowest BCUT2D eigenvalue weighted by Gasteiger charge is -2.14. The van der Waals surface area contributed by atoms with E-state index in [0.29, 0.717) is 12.1 Å². The molecule has 0 aliphatic carbocycles. The van der Waals surface area contributed by atoms with Crippen LogP contribution in [-0.2, 0) is 16.4 Å². The van der Waals surface area contributed by atoms with Gasteiger partial charge in [0.05, 0.1) is 4.90 Å². The molecule has 0 heterocycles. The van der Waals surface area contributed by atoms with Crippen molar-refractivity contribution in [2.24, 2.45) is 0 Å². The zero-order valence-corrected chi connectivity index (χ0v) is 16.8. The van der Waals surface area contributed by atoms with E-state index in [4.69, 9.17) is 0 Å². The van der Waals surface area contributed by atoms with E-state index in [1.54, 1.807) is 12.1 Å². The molecule has 2 rings (SSSR count). The molecule has 2 aromatic rings. The Bertz CT molecular complexity index is 836. The fourth-order valence-electron chi connectivity index (χ4n) is 2.68. The second-order valence-corrected chi connectivity index (χ2v) is 8.44. The van der Waals surface area contributed by atoms with Crippen molar-refractivity contribution in [1.29, 1.82) is 0 Å². The van der Waals surface area contributed by atoms with Gasteiger partial charge in [0, 0.05) is 18.2 Å². The third-order valence-electron chi connectivity index (χ3n) is 4.32. The summed E-state index contributed by atoms with van der Waals surface area (Å²) in [5.74, 6) is -0.263. The predicted octanol–water partition coefficient (Wildman–Crippen LogP) is 3.52. The molecule has 0 saturated heterocycles. The van der Waals surface area contributed by atoms with Crippen molar-refractivity contribution in [2.45, 2.75) is 50.5 Å². The minimum Gasteiger partial charge on any atom is -0.350 e. The summed E-state index contributed by atoms with van der Waals surface area (Å²) < 4.78 is 27.2. The van der Waals surface area contributed by atoms with Gasteiger partial charge in [-0.2, -0.15) is 0 Å². The maximum Gasteiger partial charge on any atom is 0.251 e. The van der Waals surface area contributed by atoms with Crippen LogP contribution in [0, 0.1) is 0 Å². The van der Waals surface area contributed by atoms with Gasteiger partial charge in [0.15, 0.2) is 0 Å². The molecule has 1 amide bonds. The standard InChI is InChI=1S/C21H28N2O3S/c1-3-4-15-22-27(25,26)20-12-8-11-19(16-20)21(24)23-17(2)13-14-18-9-6-5-7-10-18/h5-12,16-17,22H,3-4,13-15H2,1-2H3,(H,23,24). The van der Waals surface area contributed by atoms with Crippen molar-refractivity contribution in [3.05, 3.63) is 65.7 Å². The molecule has 0 aliphatic rings. The Labute approximate surface area is 162 Å². The number of sulfonamides is 1. The van der Waals surface area contributed by atoms with Gasteiger partial charge < -0.3 is 5.32 Å². The first-order valence-corrected chi connectivity index (χ1v) is 10.8. The van der Waals surface area contributed by atoms with Crippen LogP contribution in [0.2, 0.25) is 0 Å². The molecule has 0 saturated carbocycles. The van der Waals surface area contributed by atoms with Crippen molar-refractivity contribution < 1.29 is 13.2 Å². The average Bonchev–Trinajstić information content (AvgIpc) is 2.67. The van der Waals surface area contributed by atoms with Gasteiger partial charge in [-0.3, -0.25) is 4.79 Å². The first-order valence-electron chi connectivity index (χ1n) is 9.37. The number of aryl methyl sites for hydroxylation is 1. The zero-order chi connectivity index (χ0) is 19.7. The molecular weight excluding hydrogens is 360 g/mol. The zero-order valence-electron chi connectivity index (χ0n) is 15.9. The lowest BCUT2D eigenvalue weighted by Crippen LogP contribution is -2.33. The average molecular weight is 389 g/mol. The van der Waals surface area contributed by atoms with Crippen molar-refractivity contribution >= 4 is 15.9 Å². The minimum atomic E-state index is -3.59. The molecule has 0 aliphatic heterocycles. The van der Waals surface area contributed by atoms with Gasteiger partial charge in [0.1, 0.15) is 0 Å². The van der Waals surface area contributed by atoms with Crippen molar-refractivity contribution in [3.63, 3.8) is 0 Å². The number of rotatable bonds is 10. The van der Waals surface area contributed by atoms with Gasteiger partial charge in [-0.15, -0.1) is 0 Å². The Kier molecular flexibility index (Phi) is 8.00. The fraction of sp³-hybridized carbons (Fsp3) is 0.381. The Hall–Kier alpha value is -2.18. The minimum absolute atomic E-state index is 0.0133. The van der Waals surface area contributed by atoms with Crippen LogP contribution >= 0.6 is 0 Å². The maximum absolute atomic E-state index is 12.5. The molecule has 0 spiro atoms. The lowest BCUT2D eigenvalue weighted by molar-refractivity contribution is 0.0938. The van der Waals surface area contributed by atoms with Gasteiger partial charge in [-0.25, -0.2) is 13.1 Å². The van der Waals surface area contributed by atoms with Gasteiger partial charge in [0.2, 0.25) is 10.0 Å². The predicted molar refractivity (Wildman–Crippen MR) is 108 cm³/mol. The monoisotopic (exact) mass is 388 g/mol. The van der Waals surface area contributed by atoms with Gasteiger partial charge in [-0.1, -0.05) is 49.7 Å². The van der Waals surface area contributed by atoms with Crippen LogP contribution in [-0.4, -0.2) is 26.9 Å². The Morgan fingerprint density at radius 3 is 2.52 bits per heavy atom. The van der Waals surface area contributed by atoms with Crippen molar-refractivity contribution in [1.82, 2.24) is 10.0 Å². The highest BCUT2D eigenvalue weighted by atomic mass is 32.2. The molecule has 0 bridgehead atoms. The SMILES string of the molecule is CCCCNS(=O)(=O)c1cccc(C(=O)NC(C)CCc2ccccc2)c1. The van der Waals surface area contributed by atoms with Crippen LogP contribution in [0.15, 0.2) is 59.5 Å². The molecular formula is C21H28N2O3S. The summed E-state index contributed by atoms with van der Waals surface area (Å²) in [5, 5.41) is 2.94. The Morgan fingerprint density at radius 1 is 1.07 bits per heavy atom. The molecule has 2 aromatic carbocycles. The van der Waals surface area contributed by atoms with Crippen LogP contribution < -0.4 is 10.0 Å². The normalized spacial score (nSPS) is 12.5. The van der Waals surface area contributed by atoms with Crippen LogP contribution in [0.1, 0.15) is 49.0 Å². The van der Waals surface area contributed by atoms with Crippen LogP contribution in [0.3, 0.4) is 0 Å². The van der Waals surface area contributed by atoms with E-state index in [2.05, 4.69) is 22.2 Å². The van der Waals surface area contributed by atoms with E-state index in [0.717, 1.165) is 25.7 Å². The molecule has 1 unspecified atom stereocenters. The quantitative estimate of drug-likeness (QED) is 0.612. The molecule has 1 atom stereocenters. The topological polar surface area (TPSA) is 75.3 Å². The third-order valence-corrected chi connectivity index (χ3v) is 5.77.